The van der Waals surface area contributed by atoms with E-state index >= 15 is 0 Å². The van der Waals surface area contributed by atoms with Crippen molar-refractivity contribution in [3.8, 4) is 0 Å². The van der Waals surface area contributed by atoms with Crippen LogP contribution in [0.25, 0.3) is 0 Å². The molecule has 0 aliphatic heterocycles. The predicted molar refractivity (Wildman–Crippen MR) is 77.8 cm³/mol. The normalized spacial score (nSPS) is 13.8. The van der Waals surface area contributed by atoms with Crippen molar-refractivity contribution in [1.82, 2.24) is 9.71 Å². The number of aromatic nitrogens is 1. The summed E-state index contributed by atoms with van der Waals surface area (Å²) in [5.41, 5.74) is 0. The number of methoxy groups -OCH3 is 1. The molecule has 19 heavy (non-hydrogen) atoms. The molecule has 1 atom stereocenters. The minimum atomic E-state index is -3.73. The number of nitrogens with one attached hydrogen (secondary N) is 1. The van der Waals surface area contributed by atoms with E-state index in [0.29, 0.717) is 4.47 Å². The first-order valence-electron chi connectivity index (χ1n) is 5.60. The van der Waals surface area contributed by atoms with Crippen LogP contribution in [0, 0.1) is 5.92 Å². The Bertz CT molecular complexity index is 537. The Morgan fingerprint density at radius 2 is 2.16 bits per heavy atom. The van der Waals surface area contributed by atoms with Gasteiger partial charge < -0.3 is 4.74 Å². The van der Waals surface area contributed by atoms with Gasteiger partial charge >= 0.3 is 0 Å². The van der Waals surface area contributed by atoms with E-state index in [1.165, 1.54) is 19.4 Å². The minimum Gasteiger partial charge on any atom is -0.383 e. The Morgan fingerprint density at radius 1 is 1.53 bits per heavy atom. The molecule has 0 saturated carbocycles. The highest BCUT2D eigenvalue weighted by molar-refractivity contribution is 9.10. The van der Waals surface area contributed by atoms with Gasteiger partial charge in [0.1, 0.15) is 10.0 Å². The predicted octanol–water partition coefficient (Wildman–Crippen LogP) is 2.45. The SMILES string of the molecule is COCC(NS(=O)(=O)c1cc(Br)cnc1Cl)C(C)C. The first kappa shape index (κ1) is 16.8. The monoisotopic (exact) mass is 370 g/mol. The zero-order chi connectivity index (χ0) is 14.6. The van der Waals surface area contributed by atoms with Gasteiger partial charge in [-0.15, -0.1) is 0 Å². The van der Waals surface area contributed by atoms with Crippen molar-refractivity contribution < 1.29 is 13.2 Å². The Labute approximate surface area is 126 Å². The van der Waals surface area contributed by atoms with Crippen molar-refractivity contribution in [2.24, 2.45) is 5.92 Å². The maximum atomic E-state index is 12.3. The summed E-state index contributed by atoms with van der Waals surface area (Å²) in [7, 11) is -2.21. The lowest BCUT2D eigenvalue weighted by Crippen LogP contribution is -2.41. The summed E-state index contributed by atoms with van der Waals surface area (Å²) in [6.45, 7) is 4.11. The molecule has 1 heterocycles. The topological polar surface area (TPSA) is 68.3 Å². The van der Waals surface area contributed by atoms with Gasteiger partial charge in [0.25, 0.3) is 0 Å². The zero-order valence-electron chi connectivity index (χ0n) is 10.9. The molecule has 1 rings (SSSR count). The second-order valence-corrected chi connectivity index (χ2v) is 7.33. The first-order chi connectivity index (χ1) is 8.77. The molecule has 0 fully saturated rings. The second-order valence-electron chi connectivity index (χ2n) is 4.37. The summed E-state index contributed by atoms with van der Waals surface area (Å²) in [6, 6.07) is 1.09. The van der Waals surface area contributed by atoms with Gasteiger partial charge in [-0.2, -0.15) is 0 Å². The van der Waals surface area contributed by atoms with Gasteiger partial charge in [0.2, 0.25) is 10.0 Å². The van der Waals surface area contributed by atoms with Gasteiger partial charge in [-0.1, -0.05) is 25.4 Å². The molecule has 8 heteroatoms. The number of hydrogen-bond acceptors (Lipinski definition) is 4. The minimum absolute atomic E-state index is 0.0507. The van der Waals surface area contributed by atoms with E-state index in [9.17, 15) is 8.42 Å². The van der Waals surface area contributed by atoms with Crippen LogP contribution in [0.5, 0.6) is 0 Å². The molecule has 1 unspecified atom stereocenters. The number of pyridine rings is 1. The molecule has 1 N–H and O–H groups in total. The highest BCUT2D eigenvalue weighted by Gasteiger charge is 2.25. The molecule has 0 spiro atoms. The molecule has 0 aliphatic carbocycles. The van der Waals surface area contributed by atoms with Gasteiger partial charge in [0.15, 0.2) is 0 Å². The Balaban J connectivity index is 3.06. The van der Waals surface area contributed by atoms with Crippen LogP contribution < -0.4 is 4.72 Å². The van der Waals surface area contributed by atoms with E-state index in [2.05, 4.69) is 25.6 Å². The van der Waals surface area contributed by atoms with Crippen molar-refractivity contribution in [2.45, 2.75) is 24.8 Å². The standard InChI is InChI=1S/C11H16BrClN2O3S/c1-7(2)9(6-18-3)15-19(16,17)10-4-8(12)5-14-11(10)13/h4-5,7,9,15H,6H2,1-3H3. The van der Waals surface area contributed by atoms with Crippen molar-refractivity contribution in [3.05, 3.63) is 21.9 Å². The highest BCUT2D eigenvalue weighted by atomic mass is 79.9. The highest BCUT2D eigenvalue weighted by Crippen LogP contribution is 2.23. The fraction of sp³-hybridized carbons (Fsp3) is 0.545. The molecule has 1 aromatic rings. The van der Waals surface area contributed by atoms with Crippen molar-refractivity contribution in [1.29, 1.82) is 0 Å². The number of halogens is 2. The molecule has 5 nitrogen and oxygen atoms in total. The van der Waals surface area contributed by atoms with Crippen LogP contribution >= 0.6 is 27.5 Å². The smallest absolute Gasteiger partial charge is 0.244 e. The number of sulfonamides is 1. The molecule has 0 aliphatic rings. The van der Waals surface area contributed by atoms with Crippen molar-refractivity contribution in [2.75, 3.05) is 13.7 Å². The quantitative estimate of drug-likeness (QED) is 0.780. The van der Waals surface area contributed by atoms with Crippen molar-refractivity contribution >= 4 is 37.6 Å². The van der Waals surface area contributed by atoms with E-state index in [-0.39, 0.29) is 28.6 Å². The average Bonchev–Trinajstić information content (AvgIpc) is 2.31. The lowest BCUT2D eigenvalue weighted by molar-refractivity contribution is 0.157. The average molecular weight is 372 g/mol. The lowest BCUT2D eigenvalue weighted by Gasteiger charge is -2.21. The summed E-state index contributed by atoms with van der Waals surface area (Å²) in [5.74, 6) is 0.0913. The summed E-state index contributed by atoms with van der Waals surface area (Å²) in [5, 5.41) is -0.0596. The third-order valence-corrected chi connectivity index (χ3v) is 4.87. The van der Waals surface area contributed by atoms with Crippen LogP contribution in [-0.2, 0) is 14.8 Å². The third-order valence-electron chi connectivity index (χ3n) is 2.52. The number of ether oxygens (including phenoxy) is 1. The summed E-state index contributed by atoms with van der Waals surface area (Å²) in [4.78, 5) is 3.76. The van der Waals surface area contributed by atoms with Crippen molar-refractivity contribution in [3.63, 3.8) is 0 Å². The van der Waals surface area contributed by atoms with E-state index < -0.39 is 10.0 Å². The maximum Gasteiger partial charge on any atom is 0.244 e. The number of nitrogens with zero attached hydrogens (tertiary/aromatic N) is 1. The van der Waals surface area contributed by atoms with E-state index in [1.807, 2.05) is 13.8 Å². The van der Waals surface area contributed by atoms with Crippen LogP contribution in [0.15, 0.2) is 21.6 Å². The van der Waals surface area contributed by atoms with Crippen LogP contribution in [0.1, 0.15) is 13.8 Å². The largest absolute Gasteiger partial charge is 0.383 e. The van der Waals surface area contributed by atoms with Gasteiger partial charge in [-0.05, 0) is 27.9 Å². The summed E-state index contributed by atoms with van der Waals surface area (Å²) >= 11 is 9.02. The lowest BCUT2D eigenvalue weighted by atomic mass is 10.1. The molecule has 1 aromatic heterocycles. The van der Waals surface area contributed by atoms with Gasteiger partial charge in [0.05, 0.1) is 6.61 Å². The van der Waals surface area contributed by atoms with Gasteiger partial charge in [-0.25, -0.2) is 18.1 Å². The zero-order valence-corrected chi connectivity index (χ0v) is 14.0. The number of hydrogen-bond donors (Lipinski definition) is 1. The molecule has 0 amide bonds. The third kappa shape index (κ3) is 4.68. The Hall–Kier alpha value is -0.210. The Morgan fingerprint density at radius 3 is 2.68 bits per heavy atom. The molecular formula is C11H16BrClN2O3S. The fourth-order valence-corrected chi connectivity index (χ4v) is 3.71. The summed E-state index contributed by atoms with van der Waals surface area (Å²) in [6.07, 6.45) is 1.44. The first-order valence-corrected chi connectivity index (χ1v) is 8.25. The molecule has 0 bridgehead atoms. The molecule has 0 aromatic carbocycles. The Kier molecular flexibility index (Phi) is 6.19. The van der Waals surface area contributed by atoms with E-state index in [0.717, 1.165) is 0 Å². The molecule has 108 valence electrons. The summed E-state index contributed by atoms with van der Waals surface area (Å²) < 4.78 is 32.7. The van der Waals surface area contributed by atoms with Crippen LogP contribution in [0.3, 0.4) is 0 Å². The fourth-order valence-electron chi connectivity index (χ4n) is 1.40. The van der Waals surface area contributed by atoms with Gasteiger partial charge in [-0.3, -0.25) is 0 Å². The molecule has 0 radical (unpaired) electrons. The van der Waals surface area contributed by atoms with Crippen LogP contribution in [-0.4, -0.2) is 33.2 Å². The van der Waals surface area contributed by atoms with E-state index in [4.69, 9.17) is 16.3 Å². The number of rotatable bonds is 6. The van der Waals surface area contributed by atoms with E-state index in [1.54, 1.807) is 0 Å². The van der Waals surface area contributed by atoms with Crippen LogP contribution in [0.4, 0.5) is 0 Å². The van der Waals surface area contributed by atoms with Crippen LogP contribution in [0.2, 0.25) is 5.15 Å². The molecular weight excluding hydrogens is 356 g/mol. The second kappa shape index (κ2) is 6.99. The van der Waals surface area contributed by atoms with Gasteiger partial charge in [0, 0.05) is 23.8 Å². The maximum absolute atomic E-state index is 12.3. The molecule has 0 saturated heterocycles.